The normalized spacial score (nSPS) is 9.55. The Morgan fingerprint density at radius 3 is 2.41 bits per heavy atom. The molecule has 0 spiro atoms. The lowest BCUT2D eigenvalue weighted by Crippen LogP contribution is -2.23. The van der Waals surface area contributed by atoms with Crippen molar-refractivity contribution in [2.75, 3.05) is 6.54 Å². The summed E-state index contributed by atoms with van der Waals surface area (Å²) in [5, 5.41) is 2.76. The minimum atomic E-state index is -0.134. The van der Waals surface area contributed by atoms with E-state index in [0.29, 0.717) is 11.1 Å². The van der Waals surface area contributed by atoms with Gasteiger partial charge in [-0.25, -0.2) is 0 Å². The van der Waals surface area contributed by atoms with Gasteiger partial charge in [0.1, 0.15) is 0 Å². The van der Waals surface area contributed by atoms with Crippen LogP contribution < -0.4 is 5.32 Å². The summed E-state index contributed by atoms with van der Waals surface area (Å²) in [6.07, 6.45) is 0. The number of ketones is 1. The van der Waals surface area contributed by atoms with Crippen LogP contribution in [0.25, 0.3) is 0 Å². The first-order valence-corrected chi connectivity index (χ1v) is 7.01. The highest BCUT2D eigenvalue weighted by molar-refractivity contribution is 5.94. The molecule has 0 saturated heterocycles. The van der Waals surface area contributed by atoms with Crippen molar-refractivity contribution in [3.8, 4) is 11.8 Å². The fourth-order valence-corrected chi connectivity index (χ4v) is 1.95. The van der Waals surface area contributed by atoms with Crippen molar-refractivity contribution in [3.63, 3.8) is 0 Å². The van der Waals surface area contributed by atoms with E-state index in [-0.39, 0.29) is 18.2 Å². The molecule has 0 unspecified atom stereocenters. The molecule has 0 atom stereocenters. The molecule has 0 fully saturated rings. The number of benzene rings is 2. The third kappa shape index (κ3) is 4.32. The second-order valence-corrected chi connectivity index (χ2v) is 4.99. The second-order valence-electron chi connectivity index (χ2n) is 4.99. The SMILES string of the molecule is CC(=O)c1ccc(C#CCNC(=O)c2cccc(C)c2)cc1. The summed E-state index contributed by atoms with van der Waals surface area (Å²) >= 11 is 0. The van der Waals surface area contributed by atoms with Gasteiger partial charge in [0.05, 0.1) is 6.54 Å². The van der Waals surface area contributed by atoms with Gasteiger partial charge in [0, 0.05) is 16.7 Å². The number of carbonyl (C=O) groups excluding carboxylic acids is 2. The monoisotopic (exact) mass is 291 g/mol. The quantitative estimate of drug-likeness (QED) is 0.698. The summed E-state index contributed by atoms with van der Waals surface area (Å²) in [5.41, 5.74) is 3.16. The molecule has 0 heterocycles. The van der Waals surface area contributed by atoms with Crippen LogP contribution in [0.5, 0.6) is 0 Å². The van der Waals surface area contributed by atoms with Gasteiger partial charge in [0.15, 0.2) is 5.78 Å². The Balaban J connectivity index is 1.91. The lowest BCUT2D eigenvalue weighted by Gasteiger charge is -2.02. The van der Waals surface area contributed by atoms with E-state index >= 15 is 0 Å². The predicted octanol–water partition coefficient (Wildman–Crippen LogP) is 2.98. The highest BCUT2D eigenvalue weighted by Crippen LogP contribution is 2.04. The zero-order valence-corrected chi connectivity index (χ0v) is 12.6. The number of aryl methyl sites for hydroxylation is 1. The molecule has 0 aromatic heterocycles. The van der Waals surface area contributed by atoms with E-state index < -0.39 is 0 Å². The molecule has 0 aliphatic carbocycles. The zero-order valence-electron chi connectivity index (χ0n) is 12.6. The molecule has 1 amide bonds. The Hall–Kier alpha value is -2.86. The predicted molar refractivity (Wildman–Crippen MR) is 86.8 cm³/mol. The zero-order chi connectivity index (χ0) is 15.9. The lowest BCUT2D eigenvalue weighted by atomic mass is 10.1. The molecular weight excluding hydrogens is 274 g/mol. The van der Waals surface area contributed by atoms with Crippen molar-refractivity contribution in [3.05, 3.63) is 70.8 Å². The lowest BCUT2D eigenvalue weighted by molar-refractivity contribution is 0.0957. The average molecular weight is 291 g/mol. The van der Waals surface area contributed by atoms with Crippen LogP contribution in [0, 0.1) is 18.8 Å². The standard InChI is InChI=1S/C19H17NO2/c1-14-5-3-7-18(13-14)19(22)20-12-4-6-16-8-10-17(11-9-16)15(2)21/h3,5,7-11,13H,12H2,1-2H3,(H,20,22). The van der Waals surface area contributed by atoms with Crippen LogP contribution in [0.2, 0.25) is 0 Å². The number of hydrogen-bond donors (Lipinski definition) is 1. The van der Waals surface area contributed by atoms with Crippen molar-refractivity contribution in [2.45, 2.75) is 13.8 Å². The van der Waals surface area contributed by atoms with Crippen LogP contribution in [0.4, 0.5) is 0 Å². The second kappa shape index (κ2) is 7.24. The first-order valence-electron chi connectivity index (χ1n) is 7.01. The Labute approximate surface area is 130 Å². The van der Waals surface area contributed by atoms with Crippen LogP contribution in [-0.2, 0) is 0 Å². The smallest absolute Gasteiger partial charge is 0.252 e. The van der Waals surface area contributed by atoms with Gasteiger partial charge in [-0.05, 0) is 38.1 Å². The maximum absolute atomic E-state index is 11.9. The molecule has 0 aliphatic rings. The van der Waals surface area contributed by atoms with Crippen molar-refractivity contribution < 1.29 is 9.59 Å². The summed E-state index contributed by atoms with van der Waals surface area (Å²) in [7, 11) is 0. The van der Waals surface area contributed by atoms with Crippen LogP contribution in [-0.4, -0.2) is 18.2 Å². The molecule has 2 rings (SSSR count). The maximum atomic E-state index is 11.9. The highest BCUT2D eigenvalue weighted by atomic mass is 16.1. The van der Waals surface area contributed by atoms with Gasteiger partial charge in [0.2, 0.25) is 0 Å². The number of Topliss-reactive ketones (excluding diaryl/α,β-unsaturated/α-hetero) is 1. The van der Waals surface area contributed by atoms with E-state index in [2.05, 4.69) is 17.2 Å². The number of hydrogen-bond acceptors (Lipinski definition) is 2. The molecule has 1 N–H and O–H groups in total. The summed E-state index contributed by atoms with van der Waals surface area (Å²) < 4.78 is 0. The van der Waals surface area contributed by atoms with Crippen LogP contribution >= 0.6 is 0 Å². The topological polar surface area (TPSA) is 46.2 Å². The van der Waals surface area contributed by atoms with Crippen LogP contribution in [0.3, 0.4) is 0 Å². The van der Waals surface area contributed by atoms with Crippen LogP contribution in [0.1, 0.15) is 38.8 Å². The minimum absolute atomic E-state index is 0.0323. The number of nitrogens with one attached hydrogen (secondary N) is 1. The summed E-state index contributed by atoms with van der Waals surface area (Å²) in [5.74, 6) is 5.75. The van der Waals surface area contributed by atoms with Crippen molar-refractivity contribution in [2.24, 2.45) is 0 Å². The Kier molecular flexibility index (Phi) is 5.11. The minimum Gasteiger partial charge on any atom is -0.341 e. The van der Waals surface area contributed by atoms with E-state index in [1.54, 1.807) is 30.3 Å². The maximum Gasteiger partial charge on any atom is 0.252 e. The third-order valence-corrected chi connectivity index (χ3v) is 3.14. The van der Waals surface area contributed by atoms with Gasteiger partial charge in [-0.3, -0.25) is 9.59 Å². The molecular formula is C19H17NO2. The molecule has 110 valence electrons. The fourth-order valence-electron chi connectivity index (χ4n) is 1.95. The molecule has 0 bridgehead atoms. The molecule has 3 nitrogen and oxygen atoms in total. The molecule has 0 saturated carbocycles. The summed E-state index contributed by atoms with van der Waals surface area (Å²) in [6.45, 7) is 3.75. The third-order valence-electron chi connectivity index (χ3n) is 3.14. The van der Waals surface area contributed by atoms with Crippen molar-refractivity contribution >= 4 is 11.7 Å². The molecule has 3 heteroatoms. The van der Waals surface area contributed by atoms with Gasteiger partial charge >= 0.3 is 0 Å². The van der Waals surface area contributed by atoms with Gasteiger partial charge in [-0.15, -0.1) is 0 Å². The first-order chi connectivity index (χ1) is 10.6. The van der Waals surface area contributed by atoms with Gasteiger partial charge < -0.3 is 5.32 Å². The highest BCUT2D eigenvalue weighted by Gasteiger charge is 2.03. The van der Waals surface area contributed by atoms with Gasteiger partial charge in [0.25, 0.3) is 5.91 Å². The van der Waals surface area contributed by atoms with E-state index in [0.717, 1.165) is 11.1 Å². The van der Waals surface area contributed by atoms with Crippen molar-refractivity contribution in [1.29, 1.82) is 0 Å². The van der Waals surface area contributed by atoms with E-state index in [4.69, 9.17) is 0 Å². The molecule has 0 radical (unpaired) electrons. The van der Waals surface area contributed by atoms with Crippen molar-refractivity contribution in [1.82, 2.24) is 5.32 Å². The number of amides is 1. The van der Waals surface area contributed by atoms with E-state index in [9.17, 15) is 9.59 Å². The Morgan fingerprint density at radius 2 is 1.77 bits per heavy atom. The Bertz CT molecular complexity index is 749. The van der Waals surface area contributed by atoms with E-state index in [1.807, 2.05) is 25.1 Å². The van der Waals surface area contributed by atoms with E-state index in [1.165, 1.54) is 6.92 Å². The van der Waals surface area contributed by atoms with Crippen LogP contribution in [0.15, 0.2) is 48.5 Å². The fraction of sp³-hybridized carbons (Fsp3) is 0.158. The number of carbonyl (C=O) groups is 2. The number of rotatable bonds is 3. The average Bonchev–Trinajstić information content (AvgIpc) is 2.51. The first kappa shape index (κ1) is 15.5. The molecule has 2 aromatic rings. The summed E-state index contributed by atoms with van der Waals surface area (Å²) in [4.78, 5) is 23.1. The summed E-state index contributed by atoms with van der Waals surface area (Å²) in [6, 6.07) is 14.5. The Morgan fingerprint density at radius 1 is 1.05 bits per heavy atom. The molecule has 22 heavy (non-hydrogen) atoms. The molecule has 2 aromatic carbocycles. The largest absolute Gasteiger partial charge is 0.341 e. The van der Waals surface area contributed by atoms with Gasteiger partial charge in [-0.2, -0.15) is 0 Å². The molecule has 0 aliphatic heterocycles. The van der Waals surface area contributed by atoms with Gasteiger partial charge in [-0.1, -0.05) is 41.7 Å².